The highest BCUT2D eigenvalue weighted by atomic mass is 19.1. The molecule has 2 fully saturated rings. The number of allylic oxidation sites excluding steroid dienone is 3. The molecule has 2 aliphatic rings. The average Bonchev–Trinajstić information content (AvgIpc) is 3.21. The lowest BCUT2D eigenvalue weighted by Gasteiger charge is -2.29. The first kappa shape index (κ1) is 22.9. The molecule has 0 aromatic carbocycles. The maximum Gasteiger partial charge on any atom is 0.305 e. The first-order chi connectivity index (χ1) is 13.3. The van der Waals surface area contributed by atoms with Crippen molar-refractivity contribution in [2.24, 2.45) is 17.3 Å². The molecule has 0 radical (unpaired) electrons. The van der Waals surface area contributed by atoms with Crippen LogP contribution in [0.1, 0.15) is 72.1 Å². The second kappa shape index (κ2) is 10.4. The number of hydrogen-bond donors (Lipinski definition) is 1. The van der Waals surface area contributed by atoms with Gasteiger partial charge in [-0.2, -0.15) is 0 Å². The highest BCUT2D eigenvalue weighted by Gasteiger charge is 2.49. The number of methoxy groups -OCH3 is 1. The molecule has 0 amide bonds. The van der Waals surface area contributed by atoms with E-state index in [2.05, 4.69) is 25.5 Å². The summed E-state index contributed by atoms with van der Waals surface area (Å²) < 4.78 is 25.5. The van der Waals surface area contributed by atoms with Gasteiger partial charge in [0.1, 0.15) is 11.9 Å². The van der Waals surface area contributed by atoms with Crippen molar-refractivity contribution < 1.29 is 23.8 Å². The van der Waals surface area contributed by atoms with Gasteiger partial charge >= 0.3 is 5.97 Å². The zero-order valence-corrected chi connectivity index (χ0v) is 17.8. The normalized spacial score (nSPS) is 29.9. The van der Waals surface area contributed by atoms with Gasteiger partial charge in [0, 0.05) is 12.3 Å². The van der Waals surface area contributed by atoms with E-state index in [4.69, 9.17) is 4.74 Å². The Balaban J connectivity index is 1.91. The van der Waals surface area contributed by atoms with E-state index in [1.165, 1.54) is 7.11 Å². The van der Waals surface area contributed by atoms with E-state index in [1.807, 2.05) is 12.2 Å². The second-order valence-electron chi connectivity index (χ2n) is 8.87. The third kappa shape index (κ3) is 5.82. The van der Waals surface area contributed by atoms with Crippen LogP contribution in [0.3, 0.4) is 0 Å². The molecule has 1 aliphatic heterocycles. The highest BCUT2D eigenvalue weighted by Crippen LogP contribution is 2.47. The number of aliphatic hydroxyl groups excluding tert-OH is 1. The number of ether oxygens (including phenoxy) is 2. The molecule has 4 nitrogen and oxygen atoms in total. The summed E-state index contributed by atoms with van der Waals surface area (Å²) >= 11 is 0. The lowest BCUT2D eigenvalue weighted by molar-refractivity contribution is -0.140. The van der Waals surface area contributed by atoms with Crippen LogP contribution in [-0.2, 0) is 14.3 Å². The fraction of sp³-hybridized carbons (Fsp3) is 0.783. The highest BCUT2D eigenvalue weighted by molar-refractivity contribution is 5.69. The summed E-state index contributed by atoms with van der Waals surface area (Å²) in [4.78, 5) is 11.2. The van der Waals surface area contributed by atoms with Gasteiger partial charge in [0.2, 0.25) is 0 Å². The van der Waals surface area contributed by atoms with Crippen molar-refractivity contribution in [3.05, 3.63) is 24.0 Å². The fourth-order valence-electron chi connectivity index (χ4n) is 4.26. The maximum absolute atomic E-state index is 15.0. The van der Waals surface area contributed by atoms with Gasteiger partial charge in [-0.3, -0.25) is 4.79 Å². The lowest BCUT2D eigenvalue weighted by Crippen LogP contribution is -2.28. The number of unbranched alkanes of at least 4 members (excludes halogenated alkanes) is 2. The number of rotatable bonds is 10. The van der Waals surface area contributed by atoms with Crippen molar-refractivity contribution in [1.29, 1.82) is 0 Å². The molecule has 5 heteroatoms. The van der Waals surface area contributed by atoms with Crippen LogP contribution < -0.4 is 0 Å². The van der Waals surface area contributed by atoms with Gasteiger partial charge < -0.3 is 14.6 Å². The zero-order chi connectivity index (χ0) is 20.7. The fourth-order valence-corrected chi connectivity index (χ4v) is 4.26. The van der Waals surface area contributed by atoms with Gasteiger partial charge in [0.15, 0.2) is 6.17 Å². The number of aliphatic hydroxyl groups is 1. The standard InChI is InChI=1S/C23H37FO4/c1-5-6-15-23(2,3)19(25)14-12-16-11-13-17-21(16)22(24)18(28-17)9-7-8-10-20(26)27-4/h9,12,14,16-17,19,21-22,25H,5-8,10-11,13,15H2,1-4H3/b14-12+,18-9-/t16-,17+,19-,21-,22?/m1/s1. The Morgan fingerprint density at radius 2 is 2.14 bits per heavy atom. The number of carbonyl (C=O) groups excluding carboxylic acids is 1. The zero-order valence-electron chi connectivity index (χ0n) is 17.8. The molecular formula is C23H37FO4. The van der Waals surface area contributed by atoms with E-state index in [-0.39, 0.29) is 29.3 Å². The first-order valence-electron chi connectivity index (χ1n) is 10.7. The van der Waals surface area contributed by atoms with E-state index in [9.17, 15) is 14.3 Å². The van der Waals surface area contributed by atoms with E-state index >= 15 is 0 Å². The monoisotopic (exact) mass is 396 g/mol. The Kier molecular flexibility index (Phi) is 8.54. The molecule has 2 rings (SSSR count). The number of fused-ring (bicyclic) bond motifs is 1. The van der Waals surface area contributed by atoms with Crippen LogP contribution in [0.2, 0.25) is 0 Å². The van der Waals surface area contributed by atoms with Crippen molar-refractivity contribution in [3.63, 3.8) is 0 Å². The first-order valence-corrected chi connectivity index (χ1v) is 10.7. The molecule has 1 saturated heterocycles. The number of alkyl halides is 1. The molecule has 0 spiro atoms. The third-order valence-corrected chi connectivity index (χ3v) is 6.28. The lowest BCUT2D eigenvalue weighted by atomic mass is 9.80. The SMILES string of the molecule is CCCCC(C)(C)[C@H](O)/C=C/[C@H]1CC[C@@H]2O/C(=C\CCCC(=O)OC)C(F)[C@@H]21. The quantitative estimate of drug-likeness (QED) is 0.317. The van der Waals surface area contributed by atoms with Crippen molar-refractivity contribution in [1.82, 2.24) is 0 Å². The van der Waals surface area contributed by atoms with Crippen LogP contribution in [0.4, 0.5) is 4.39 Å². The van der Waals surface area contributed by atoms with Crippen LogP contribution in [0, 0.1) is 17.3 Å². The van der Waals surface area contributed by atoms with Crippen LogP contribution >= 0.6 is 0 Å². The predicted octanol–water partition coefficient (Wildman–Crippen LogP) is 5.11. The van der Waals surface area contributed by atoms with Crippen molar-refractivity contribution in [2.75, 3.05) is 7.11 Å². The summed E-state index contributed by atoms with van der Waals surface area (Å²) in [7, 11) is 1.37. The number of carbonyl (C=O) groups is 1. The third-order valence-electron chi connectivity index (χ3n) is 6.28. The van der Waals surface area contributed by atoms with Gasteiger partial charge in [-0.25, -0.2) is 4.39 Å². The van der Waals surface area contributed by atoms with Gasteiger partial charge in [-0.15, -0.1) is 0 Å². The topological polar surface area (TPSA) is 55.8 Å². The molecule has 1 aliphatic carbocycles. The van der Waals surface area contributed by atoms with Gasteiger partial charge in [0.05, 0.1) is 13.2 Å². The van der Waals surface area contributed by atoms with Crippen LogP contribution in [0.15, 0.2) is 24.0 Å². The summed E-state index contributed by atoms with van der Waals surface area (Å²) in [6.45, 7) is 6.32. The number of halogens is 1. The number of hydrogen-bond acceptors (Lipinski definition) is 4. The summed E-state index contributed by atoms with van der Waals surface area (Å²) in [5.74, 6) is 0.0958. The molecule has 0 aromatic heterocycles. The molecule has 5 atom stereocenters. The Morgan fingerprint density at radius 3 is 2.82 bits per heavy atom. The maximum atomic E-state index is 15.0. The minimum absolute atomic E-state index is 0.0817. The average molecular weight is 397 g/mol. The molecule has 0 aromatic rings. The Bertz CT molecular complexity index is 569. The Labute approximate surface area is 169 Å². The molecule has 1 unspecified atom stereocenters. The molecule has 1 N–H and O–H groups in total. The Hall–Kier alpha value is -1.36. The van der Waals surface area contributed by atoms with E-state index in [0.717, 1.165) is 32.1 Å². The molecule has 0 bridgehead atoms. The Morgan fingerprint density at radius 1 is 1.39 bits per heavy atom. The summed E-state index contributed by atoms with van der Waals surface area (Å²) in [5.41, 5.74) is -0.170. The van der Waals surface area contributed by atoms with E-state index < -0.39 is 12.3 Å². The van der Waals surface area contributed by atoms with Crippen LogP contribution in [0.5, 0.6) is 0 Å². The minimum Gasteiger partial charge on any atom is -0.492 e. The van der Waals surface area contributed by atoms with Gasteiger partial charge in [0.25, 0.3) is 0 Å². The molecule has 28 heavy (non-hydrogen) atoms. The molecule has 160 valence electrons. The van der Waals surface area contributed by atoms with E-state index in [1.54, 1.807) is 6.08 Å². The van der Waals surface area contributed by atoms with Gasteiger partial charge in [-0.1, -0.05) is 45.8 Å². The largest absolute Gasteiger partial charge is 0.492 e. The van der Waals surface area contributed by atoms with Crippen LogP contribution in [0.25, 0.3) is 0 Å². The molecular weight excluding hydrogens is 359 g/mol. The van der Waals surface area contributed by atoms with Crippen LogP contribution in [-0.4, -0.2) is 36.6 Å². The molecule has 1 heterocycles. The van der Waals surface area contributed by atoms with Crippen molar-refractivity contribution in [3.8, 4) is 0 Å². The second-order valence-corrected chi connectivity index (χ2v) is 8.87. The van der Waals surface area contributed by atoms with Crippen molar-refractivity contribution in [2.45, 2.75) is 90.5 Å². The predicted molar refractivity (Wildman–Crippen MR) is 108 cm³/mol. The van der Waals surface area contributed by atoms with Crippen molar-refractivity contribution >= 4 is 5.97 Å². The minimum atomic E-state index is -1.11. The number of esters is 1. The summed E-state index contributed by atoms with van der Waals surface area (Å²) in [6, 6.07) is 0. The summed E-state index contributed by atoms with van der Waals surface area (Å²) in [5, 5.41) is 10.6. The molecule has 1 saturated carbocycles. The van der Waals surface area contributed by atoms with Gasteiger partial charge in [-0.05, 0) is 49.5 Å². The smallest absolute Gasteiger partial charge is 0.305 e. The van der Waals surface area contributed by atoms with E-state index in [0.29, 0.717) is 25.0 Å². The summed E-state index contributed by atoms with van der Waals surface area (Å²) in [6.07, 6.45) is 10.4.